The maximum absolute atomic E-state index is 12.1. The van der Waals surface area contributed by atoms with E-state index in [0.29, 0.717) is 6.29 Å². The molecule has 0 aliphatic heterocycles. The lowest BCUT2D eigenvalue weighted by Gasteiger charge is -2.10. The Hall–Kier alpha value is -1.49. The summed E-state index contributed by atoms with van der Waals surface area (Å²) in [6.45, 7) is -1.92. The first-order valence-electron chi connectivity index (χ1n) is 4.20. The number of ketones is 1. The number of ether oxygens (including phenoxy) is 1. The number of benzene rings is 1. The molecule has 16 heavy (non-hydrogen) atoms. The van der Waals surface area contributed by atoms with Gasteiger partial charge in [-0.3, -0.25) is 9.59 Å². The van der Waals surface area contributed by atoms with E-state index in [0.717, 1.165) is 6.07 Å². The number of Topliss-reactive ketones (excluding diaryl/α,β-unsaturated/α-hetero) is 1. The molecular weight excluding hydrogens is 242 g/mol. The molecule has 0 saturated carbocycles. The molecule has 0 heterocycles. The third-order valence-electron chi connectivity index (χ3n) is 1.78. The van der Waals surface area contributed by atoms with Crippen LogP contribution in [0.25, 0.3) is 0 Å². The zero-order valence-electron chi connectivity index (χ0n) is 8.17. The topological polar surface area (TPSA) is 43.4 Å². The van der Waals surface area contributed by atoms with Gasteiger partial charge in [0.05, 0.1) is 10.6 Å². The quantitative estimate of drug-likeness (QED) is 0.608. The molecule has 1 aromatic rings. The van der Waals surface area contributed by atoms with E-state index in [4.69, 9.17) is 11.6 Å². The predicted octanol–water partition coefficient (Wildman–Crippen LogP) is 2.96. The first kappa shape index (κ1) is 12.6. The van der Waals surface area contributed by atoms with Crippen LogP contribution >= 0.6 is 11.6 Å². The fourth-order valence-electron chi connectivity index (χ4n) is 1.20. The van der Waals surface area contributed by atoms with E-state index in [-0.39, 0.29) is 16.1 Å². The second-order valence-electron chi connectivity index (χ2n) is 2.93. The third-order valence-corrected chi connectivity index (χ3v) is 2.08. The number of rotatable bonds is 4. The molecule has 0 N–H and O–H groups in total. The summed E-state index contributed by atoms with van der Waals surface area (Å²) >= 11 is 5.69. The van der Waals surface area contributed by atoms with Crippen molar-refractivity contribution < 1.29 is 23.1 Å². The van der Waals surface area contributed by atoms with E-state index in [1.165, 1.54) is 13.0 Å². The normalized spacial score (nSPS) is 10.3. The lowest BCUT2D eigenvalue weighted by atomic mass is 10.1. The van der Waals surface area contributed by atoms with Crippen LogP contribution in [0, 0.1) is 0 Å². The van der Waals surface area contributed by atoms with Gasteiger partial charge in [-0.05, 0) is 19.1 Å². The SMILES string of the molecule is CC(=O)c1c(Cl)cc(C=O)cc1OC(F)F. The number of carbonyl (C=O) groups is 2. The molecular formula is C10H7ClF2O3. The molecule has 0 saturated heterocycles. The Labute approximate surface area is 95.0 Å². The van der Waals surface area contributed by atoms with E-state index >= 15 is 0 Å². The maximum atomic E-state index is 12.1. The molecule has 0 amide bonds. The molecule has 1 aromatic carbocycles. The first-order chi connectivity index (χ1) is 7.45. The van der Waals surface area contributed by atoms with Crippen molar-refractivity contribution in [3.8, 4) is 5.75 Å². The minimum atomic E-state index is -3.09. The van der Waals surface area contributed by atoms with Gasteiger partial charge in [0, 0.05) is 5.56 Å². The summed E-state index contributed by atoms with van der Waals surface area (Å²) in [6, 6.07) is 2.26. The Bertz CT molecular complexity index is 432. The van der Waals surface area contributed by atoms with Gasteiger partial charge in [0.15, 0.2) is 5.78 Å². The molecule has 0 fully saturated rings. The summed E-state index contributed by atoms with van der Waals surface area (Å²) < 4.78 is 28.3. The second-order valence-corrected chi connectivity index (χ2v) is 3.34. The van der Waals surface area contributed by atoms with E-state index in [1.807, 2.05) is 0 Å². The van der Waals surface area contributed by atoms with Crippen molar-refractivity contribution in [2.24, 2.45) is 0 Å². The van der Waals surface area contributed by atoms with Crippen molar-refractivity contribution in [2.75, 3.05) is 0 Å². The van der Waals surface area contributed by atoms with Crippen LogP contribution in [0.1, 0.15) is 27.6 Å². The average Bonchev–Trinajstić information content (AvgIpc) is 2.14. The highest BCUT2D eigenvalue weighted by atomic mass is 35.5. The molecule has 6 heteroatoms. The molecule has 0 atom stereocenters. The van der Waals surface area contributed by atoms with Gasteiger partial charge in [0.1, 0.15) is 12.0 Å². The number of halogens is 3. The monoisotopic (exact) mass is 248 g/mol. The molecule has 0 spiro atoms. The van der Waals surface area contributed by atoms with Crippen LogP contribution in [-0.4, -0.2) is 18.7 Å². The fourth-order valence-corrected chi connectivity index (χ4v) is 1.55. The van der Waals surface area contributed by atoms with Crippen molar-refractivity contribution in [3.63, 3.8) is 0 Å². The van der Waals surface area contributed by atoms with Gasteiger partial charge in [0.25, 0.3) is 0 Å². The van der Waals surface area contributed by atoms with Gasteiger partial charge < -0.3 is 4.74 Å². The number of alkyl halides is 2. The standard InChI is InChI=1S/C10H7ClF2O3/c1-5(15)9-7(11)2-6(4-14)3-8(9)16-10(12)13/h2-4,10H,1H3. The van der Waals surface area contributed by atoms with Gasteiger partial charge in [0.2, 0.25) is 0 Å². The van der Waals surface area contributed by atoms with Gasteiger partial charge in [-0.25, -0.2) is 0 Å². The van der Waals surface area contributed by atoms with Crippen LogP contribution in [0.15, 0.2) is 12.1 Å². The minimum Gasteiger partial charge on any atom is -0.434 e. The van der Waals surface area contributed by atoms with Crippen LogP contribution in [0.4, 0.5) is 8.78 Å². The summed E-state index contributed by atoms with van der Waals surface area (Å²) in [5, 5.41) is -0.0900. The van der Waals surface area contributed by atoms with Crippen LogP contribution in [0.5, 0.6) is 5.75 Å². The second kappa shape index (κ2) is 5.03. The Kier molecular flexibility index (Phi) is 3.95. The third kappa shape index (κ3) is 2.76. The molecule has 0 aliphatic rings. The lowest BCUT2D eigenvalue weighted by Crippen LogP contribution is -2.07. The Morgan fingerprint density at radius 2 is 2.12 bits per heavy atom. The van der Waals surface area contributed by atoms with Crippen molar-refractivity contribution in [1.29, 1.82) is 0 Å². The van der Waals surface area contributed by atoms with Gasteiger partial charge >= 0.3 is 6.61 Å². The molecule has 0 aliphatic carbocycles. The van der Waals surface area contributed by atoms with Crippen molar-refractivity contribution in [2.45, 2.75) is 13.5 Å². The van der Waals surface area contributed by atoms with E-state index in [9.17, 15) is 18.4 Å². The van der Waals surface area contributed by atoms with Crippen molar-refractivity contribution >= 4 is 23.7 Å². The van der Waals surface area contributed by atoms with E-state index in [1.54, 1.807) is 0 Å². The Morgan fingerprint density at radius 1 is 1.50 bits per heavy atom. The van der Waals surface area contributed by atoms with Crippen LogP contribution in [0.3, 0.4) is 0 Å². The molecule has 1 rings (SSSR count). The summed E-state index contributed by atoms with van der Waals surface area (Å²) in [6.07, 6.45) is 0.425. The highest BCUT2D eigenvalue weighted by molar-refractivity contribution is 6.34. The summed E-state index contributed by atoms with van der Waals surface area (Å²) in [5.41, 5.74) is -0.0989. The minimum absolute atomic E-state index is 0.0608. The predicted molar refractivity (Wildman–Crippen MR) is 53.5 cm³/mol. The Balaban J connectivity index is 3.34. The summed E-state index contributed by atoms with van der Waals surface area (Å²) in [5.74, 6) is -0.907. The van der Waals surface area contributed by atoms with Crippen LogP contribution in [0.2, 0.25) is 5.02 Å². The average molecular weight is 249 g/mol. The number of aldehydes is 1. The number of carbonyl (C=O) groups excluding carboxylic acids is 2. The fraction of sp³-hybridized carbons (Fsp3) is 0.200. The molecule has 3 nitrogen and oxygen atoms in total. The zero-order chi connectivity index (χ0) is 12.3. The van der Waals surface area contributed by atoms with Gasteiger partial charge in [-0.15, -0.1) is 0 Å². The van der Waals surface area contributed by atoms with Gasteiger partial charge in [-0.1, -0.05) is 11.6 Å². The highest BCUT2D eigenvalue weighted by Gasteiger charge is 2.17. The molecule has 0 bridgehead atoms. The Morgan fingerprint density at radius 3 is 2.56 bits per heavy atom. The number of hydrogen-bond acceptors (Lipinski definition) is 3. The highest BCUT2D eigenvalue weighted by Crippen LogP contribution is 2.29. The number of hydrogen-bond donors (Lipinski definition) is 0. The van der Waals surface area contributed by atoms with E-state index in [2.05, 4.69) is 4.74 Å². The smallest absolute Gasteiger partial charge is 0.387 e. The van der Waals surface area contributed by atoms with Crippen LogP contribution < -0.4 is 4.74 Å². The van der Waals surface area contributed by atoms with Gasteiger partial charge in [-0.2, -0.15) is 8.78 Å². The summed E-state index contributed by atoms with van der Waals surface area (Å²) in [4.78, 5) is 21.7. The van der Waals surface area contributed by atoms with Crippen LogP contribution in [-0.2, 0) is 0 Å². The summed E-state index contributed by atoms with van der Waals surface area (Å²) in [7, 11) is 0. The molecule has 0 radical (unpaired) electrons. The first-order valence-corrected chi connectivity index (χ1v) is 4.58. The van der Waals surface area contributed by atoms with Crippen molar-refractivity contribution in [3.05, 3.63) is 28.3 Å². The zero-order valence-corrected chi connectivity index (χ0v) is 8.92. The molecule has 0 unspecified atom stereocenters. The largest absolute Gasteiger partial charge is 0.434 e. The lowest BCUT2D eigenvalue weighted by molar-refractivity contribution is -0.0501. The van der Waals surface area contributed by atoms with Crippen molar-refractivity contribution in [1.82, 2.24) is 0 Å². The molecule has 0 aromatic heterocycles. The molecule has 86 valence electrons. The maximum Gasteiger partial charge on any atom is 0.387 e. The van der Waals surface area contributed by atoms with E-state index < -0.39 is 18.1 Å².